The van der Waals surface area contributed by atoms with Crippen LogP contribution in [0.15, 0.2) is 164 Å². The average Bonchev–Trinajstić information content (AvgIpc) is 3.97. The van der Waals surface area contributed by atoms with Crippen LogP contribution in [0.5, 0.6) is 0 Å². The van der Waals surface area contributed by atoms with Gasteiger partial charge in [-0.2, -0.15) is 0 Å². The van der Waals surface area contributed by atoms with Gasteiger partial charge in [-0.25, -0.2) is 0 Å². The normalized spacial score (nSPS) is 14.6. The highest BCUT2D eigenvalue weighted by Gasteiger charge is 2.54. The fourth-order valence-corrected chi connectivity index (χ4v) is 12.9. The molecule has 10 aromatic rings. The second-order valence-electron chi connectivity index (χ2n) is 20.4. The highest BCUT2D eigenvalue weighted by atomic mass is 15.1. The Labute approximate surface area is 375 Å². The first kappa shape index (κ1) is 36.6. The van der Waals surface area contributed by atoms with Crippen molar-refractivity contribution in [3.05, 3.63) is 197 Å². The molecule has 0 unspecified atom stereocenters. The molecule has 8 aromatic carbocycles. The van der Waals surface area contributed by atoms with Gasteiger partial charge in [-0.3, -0.25) is 0 Å². The van der Waals surface area contributed by atoms with Crippen LogP contribution in [0.25, 0.3) is 77.6 Å². The van der Waals surface area contributed by atoms with Crippen LogP contribution >= 0.6 is 0 Å². The first-order valence-corrected chi connectivity index (χ1v) is 23.5. The largest absolute Gasteiger partial charge is 0.310 e. The van der Waals surface area contributed by atoms with E-state index in [2.05, 4.69) is 214 Å². The Morgan fingerprint density at radius 1 is 0.469 bits per heavy atom. The number of fused-ring (bicyclic) bond motifs is 11. The van der Waals surface area contributed by atoms with Crippen LogP contribution in [0.2, 0.25) is 0 Å². The van der Waals surface area contributed by atoms with Crippen molar-refractivity contribution in [2.75, 3.05) is 0 Å². The number of aromatic nitrogens is 2. The zero-order valence-electron chi connectivity index (χ0n) is 37.5. The first-order chi connectivity index (χ1) is 31.2. The predicted octanol–water partition coefficient (Wildman–Crippen LogP) is 13.3. The summed E-state index contributed by atoms with van der Waals surface area (Å²) in [5.41, 5.74) is 26.6. The summed E-state index contributed by atoms with van der Waals surface area (Å²) in [4.78, 5) is 0. The third-order valence-corrected chi connectivity index (χ3v) is 16.8. The average molecular weight is 821 g/mol. The summed E-state index contributed by atoms with van der Waals surface area (Å²) in [5, 5.41) is 4.08. The van der Waals surface area contributed by atoms with Crippen LogP contribution in [0.1, 0.15) is 87.8 Å². The van der Waals surface area contributed by atoms with E-state index in [-0.39, 0.29) is 17.5 Å². The van der Waals surface area contributed by atoms with Gasteiger partial charge in [-0.05, 0) is 114 Å². The van der Waals surface area contributed by atoms with E-state index in [9.17, 15) is 0 Å². The molecular formula is C61H49BN2. The van der Waals surface area contributed by atoms with Gasteiger partial charge in [0, 0.05) is 44.1 Å². The number of hydrogen-bond acceptors (Lipinski definition) is 0. The van der Waals surface area contributed by atoms with Crippen molar-refractivity contribution in [2.45, 2.75) is 70.6 Å². The fraction of sp³-hybridized carbons (Fsp3) is 0.180. The lowest BCUT2D eigenvalue weighted by atomic mass is 9.33. The van der Waals surface area contributed by atoms with Crippen molar-refractivity contribution in [1.29, 1.82) is 0 Å². The highest BCUT2D eigenvalue weighted by molar-refractivity contribution is 7.00. The maximum atomic E-state index is 2.77. The predicted molar refractivity (Wildman–Crippen MR) is 271 cm³/mol. The maximum Gasteiger partial charge on any atom is 0.252 e. The number of hydrogen-bond donors (Lipinski definition) is 0. The summed E-state index contributed by atoms with van der Waals surface area (Å²) < 4.78 is 5.44. The third kappa shape index (κ3) is 4.21. The van der Waals surface area contributed by atoms with Gasteiger partial charge in [-0.15, -0.1) is 0 Å². The molecule has 0 saturated carbocycles. The Kier molecular flexibility index (Phi) is 7.01. The quantitative estimate of drug-likeness (QED) is 0.148. The van der Waals surface area contributed by atoms with Crippen molar-refractivity contribution in [2.24, 2.45) is 0 Å². The van der Waals surface area contributed by atoms with Gasteiger partial charge in [0.05, 0.1) is 16.6 Å². The molecule has 1 spiro atoms. The monoisotopic (exact) mass is 820 g/mol. The smallest absolute Gasteiger partial charge is 0.252 e. The number of nitrogens with zero attached hydrogens (tertiary/aromatic N) is 2. The van der Waals surface area contributed by atoms with E-state index in [1.807, 2.05) is 0 Å². The summed E-state index contributed by atoms with van der Waals surface area (Å²) in [6.07, 6.45) is 2.11. The molecule has 0 bridgehead atoms. The molecule has 2 nitrogen and oxygen atoms in total. The van der Waals surface area contributed by atoms with Gasteiger partial charge in [0.1, 0.15) is 0 Å². The second kappa shape index (κ2) is 12.2. The molecule has 306 valence electrons. The Hall–Kier alpha value is -6.84. The Morgan fingerprint density at radius 3 is 1.70 bits per heavy atom. The number of benzene rings is 8. The molecule has 3 heteroatoms. The van der Waals surface area contributed by atoms with E-state index in [0.29, 0.717) is 0 Å². The maximum absolute atomic E-state index is 2.77. The molecule has 3 aliphatic heterocycles. The highest BCUT2D eigenvalue weighted by Crippen LogP contribution is 2.62. The van der Waals surface area contributed by atoms with E-state index in [1.54, 1.807) is 0 Å². The van der Waals surface area contributed by atoms with Crippen LogP contribution in [-0.4, -0.2) is 15.8 Å². The van der Waals surface area contributed by atoms with E-state index >= 15 is 0 Å². The standard InChI is InChI=1S/C61H49BN2/c1-7-59(3,4)38-32-43-44-33-39(60(5,6)8-2)35-50-57(44)64-55(43)48(34-38)61(45-27-17-15-24-40(45)41-25-16-18-28-46(41)61)47-30-31-51-53(58(47)64)62(50)49-29-19-26-42-52(36-20-11-9-12-21-36)54(63(51)56(42)49)37-22-13-10-14-23-37/h9-35H,7-8H2,1-6H3. The summed E-state index contributed by atoms with van der Waals surface area (Å²) in [5.74, 6) is 0. The molecule has 1 aliphatic carbocycles. The van der Waals surface area contributed by atoms with Gasteiger partial charge in [0.25, 0.3) is 6.71 Å². The topological polar surface area (TPSA) is 9.86 Å². The molecule has 14 rings (SSSR count). The lowest BCUT2D eigenvalue weighted by Crippen LogP contribution is -2.60. The minimum absolute atomic E-state index is 0.0141. The van der Waals surface area contributed by atoms with Crippen molar-refractivity contribution in [1.82, 2.24) is 9.13 Å². The van der Waals surface area contributed by atoms with Crippen LogP contribution in [0.3, 0.4) is 0 Å². The fourth-order valence-electron chi connectivity index (χ4n) is 12.9. The lowest BCUT2D eigenvalue weighted by molar-refractivity contribution is 0.505. The molecule has 4 aliphatic rings. The Balaban J connectivity index is 1.25. The van der Waals surface area contributed by atoms with E-state index in [0.717, 1.165) is 12.8 Å². The SMILES string of the molecule is CCC(C)(C)c1cc2c3c(c1)c1cc(C(C)(C)CC)cc4c1n3-c1c(ccc3c1B2c1cccc2c(-c5ccccc5)c(-c5ccccc5)n-3c12)C41c2ccccc2-c2ccccc21. The van der Waals surface area contributed by atoms with Crippen LogP contribution in [-0.2, 0) is 16.2 Å². The van der Waals surface area contributed by atoms with Gasteiger partial charge < -0.3 is 9.13 Å². The molecule has 5 heterocycles. The Morgan fingerprint density at radius 2 is 1.05 bits per heavy atom. The summed E-state index contributed by atoms with van der Waals surface area (Å²) in [6.45, 7) is 14.5. The van der Waals surface area contributed by atoms with Gasteiger partial charge in [0.2, 0.25) is 0 Å². The minimum Gasteiger partial charge on any atom is -0.310 e. The minimum atomic E-state index is -0.520. The van der Waals surface area contributed by atoms with Crippen LogP contribution in [0, 0.1) is 0 Å². The van der Waals surface area contributed by atoms with Crippen molar-refractivity contribution in [3.63, 3.8) is 0 Å². The molecule has 0 atom stereocenters. The Bertz CT molecular complexity index is 3650. The van der Waals surface area contributed by atoms with Crippen LogP contribution < -0.4 is 16.4 Å². The summed E-state index contributed by atoms with van der Waals surface area (Å²) in [7, 11) is 0. The van der Waals surface area contributed by atoms with E-state index in [1.165, 1.54) is 127 Å². The van der Waals surface area contributed by atoms with Crippen molar-refractivity contribution < 1.29 is 0 Å². The van der Waals surface area contributed by atoms with E-state index < -0.39 is 5.41 Å². The van der Waals surface area contributed by atoms with Gasteiger partial charge in [0.15, 0.2) is 0 Å². The van der Waals surface area contributed by atoms with Crippen molar-refractivity contribution in [3.8, 4) is 44.9 Å². The van der Waals surface area contributed by atoms with E-state index in [4.69, 9.17) is 0 Å². The number of rotatable bonds is 6. The first-order valence-electron chi connectivity index (χ1n) is 23.5. The second-order valence-corrected chi connectivity index (χ2v) is 20.4. The van der Waals surface area contributed by atoms with Gasteiger partial charge >= 0.3 is 0 Å². The molecule has 2 aromatic heterocycles. The molecule has 0 amide bonds. The zero-order chi connectivity index (χ0) is 43.0. The molecule has 64 heavy (non-hydrogen) atoms. The summed E-state index contributed by atoms with van der Waals surface area (Å²) >= 11 is 0. The molecule has 0 radical (unpaired) electrons. The molecule has 0 N–H and O–H groups in total. The van der Waals surface area contributed by atoms with Gasteiger partial charge in [-0.1, -0.05) is 187 Å². The van der Waals surface area contributed by atoms with Crippen molar-refractivity contribution >= 4 is 55.8 Å². The molecular weight excluding hydrogens is 771 g/mol. The third-order valence-electron chi connectivity index (χ3n) is 16.8. The molecule has 0 saturated heterocycles. The zero-order valence-corrected chi connectivity index (χ0v) is 37.5. The summed E-state index contributed by atoms with van der Waals surface area (Å²) in [6, 6.07) is 63.7. The van der Waals surface area contributed by atoms with Crippen LogP contribution in [0.4, 0.5) is 0 Å². The number of para-hydroxylation sites is 1. The molecule has 0 fully saturated rings. The lowest BCUT2D eigenvalue weighted by Gasteiger charge is -2.44.